The van der Waals surface area contributed by atoms with Gasteiger partial charge in [-0.1, -0.05) is 20.8 Å². The Morgan fingerprint density at radius 2 is 1.95 bits per heavy atom. The summed E-state index contributed by atoms with van der Waals surface area (Å²) in [6, 6.07) is 1.45. The Bertz CT molecular complexity index is 595. The second kappa shape index (κ2) is 5.86. The van der Waals surface area contributed by atoms with Gasteiger partial charge in [-0.2, -0.15) is 4.39 Å². The number of hydrogen-bond donors (Lipinski definition) is 2. The SMILES string of the molecule is CC(C)(C)[C@@H](NC(=O)c1ccc([N+](=O)[O-])c(F)c1)C(=O)O. The Morgan fingerprint density at radius 3 is 2.33 bits per heavy atom. The highest BCUT2D eigenvalue weighted by Crippen LogP contribution is 2.21. The first-order chi connectivity index (χ1) is 9.54. The van der Waals surface area contributed by atoms with Crippen LogP contribution < -0.4 is 5.32 Å². The van der Waals surface area contributed by atoms with Crippen molar-refractivity contribution >= 4 is 17.6 Å². The van der Waals surface area contributed by atoms with Crippen LogP contribution in [-0.2, 0) is 4.79 Å². The average Bonchev–Trinajstić information content (AvgIpc) is 2.33. The molecule has 1 amide bonds. The molecule has 114 valence electrons. The van der Waals surface area contributed by atoms with Crippen LogP contribution in [0.3, 0.4) is 0 Å². The average molecular weight is 298 g/mol. The summed E-state index contributed by atoms with van der Waals surface area (Å²) in [4.78, 5) is 32.7. The van der Waals surface area contributed by atoms with Gasteiger partial charge in [0, 0.05) is 11.6 Å². The Kier molecular flexibility index (Phi) is 4.62. The van der Waals surface area contributed by atoms with Gasteiger partial charge in [0.05, 0.1) is 4.92 Å². The number of nitrogens with one attached hydrogen (secondary N) is 1. The van der Waals surface area contributed by atoms with Crippen molar-refractivity contribution < 1.29 is 24.0 Å². The van der Waals surface area contributed by atoms with Crippen LogP contribution in [0.25, 0.3) is 0 Å². The van der Waals surface area contributed by atoms with Gasteiger partial charge in [0.1, 0.15) is 6.04 Å². The lowest BCUT2D eigenvalue weighted by Gasteiger charge is -2.27. The molecule has 0 aromatic heterocycles. The number of nitro benzene ring substituents is 1. The number of nitro groups is 1. The number of aliphatic carboxylic acids is 1. The standard InChI is InChI=1S/C13H15FN2O5/c1-13(2,3)10(12(18)19)15-11(17)7-4-5-9(16(20)21)8(14)6-7/h4-6,10H,1-3H3,(H,15,17)(H,18,19)/t10-/m0/s1. The number of hydrogen-bond acceptors (Lipinski definition) is 4. The normalized spacial score (nSPS) is 12.6. The molecule has 1 atom stereocenters. The van der Waals surface area contributed by atoms with Crippen LogP contribution in [0.15, 0.2) is 18.2 Å². The maximum Gasteiger partial charge on any atom is 0.326 e. The third kappa shape index (κ3) is 3.98. The molecule has 0 aliphatic rings. The van der Waals surface area contributed by atoms with Gasteiger partial charge in [0.15, 0.2) is 0 Å². The van der Waals surface area contributed by atoms with E-state index in [1.807, 2.05) is 0 Å². The Morgan fingerprint density at radius 1 is 1.38 bits per heavy atom. The molecule has 21 heavy (non-hydrogen) atoms. The highest BCUT2D eigenvalue weighted by atomic mass is 19.1. The van der Waals surface area contributed by atoms with Crippen LogP contribution in [0, 0.1) is 21.3 Å². The maximum absolute atomic E-state index is 13.5. The molecule has 7 nitrogen and oxygen atoms in total. The molecule has 0 spiro atoms. The van der Waals surface area contributed by atoms with Crippen LogP contribution in [0.4, 0.5) is 10.1 Å². The molecule has 0 aliphatic heterocycles. The van der Waals surface area contributed by atoms with Crippen LogP contribution >= 0.6 is 0 Å². The number of benzene rings is 1. The number of rotatable bonds is 4. The Balaban J connectivity index is 3.02. The highest BCUT2D eigenvalue weighted by Gasteiger charge is 2.33. The molecule has 1 aromatic rings. The molecule has 1 rings (SSSR count). The van der Waals surface area contributed by atoms with Crippen molar-refractivity contribution in [2.75, 3.05) is 0 Å². The van der Waals surface area contributed by atoms with Crippen LogP contribution in [0.2, 0.25) is 0 Å². The van der Waals surface area contributed by atoms with Crippen LogP contribution in [0.5, 0.6) is 0 Å². The minimum atomic E-state index is -1.22. The molecular formula is C13H15FN2O5. The second-order valence-electron chi connectivity index (χ2n) is 5.53. The van der Waals surface area contributed by atoms with E-state index in [0.717, 1.165) is 12.1 Å². The molecule has 0 unspecified atom stereocenters. The summed E-state index contributed by atoms with van der Waals surface area (Å²) in [7, 11) is 0. The fourth-order valence-electron chi connectivity index (χ4n) is 1.66. The topological polar surface area (TPSA) is 110 Å². The van der Waals surface area contributed by atoms with E-state index < -0.39 is 39.8 Å². The molecule has 2 N–H and O–H groups in total. The number of carbonyl (C=O) groups excluding carboxylic acids is 1. The van der Waals surface area contributed by atoms with E-state index >= 15 is 0 Å². The first-order valence-corrected chi connectivity index (χ1v) is 6.01. The quantitative estimate of drug-likeness (QED) is 0.652. The fraction of sp³-hybridized carbons (Fsp3) is 0.385. The lowest BCUT2D eigenvalue weighted by atomic mass is 9.86. The maximum atomic E-state index is 13.5. The highest BCUT2D eigenvalue weighted by molar-refractivity contribution is 5.97. The second-order valence-corrected chi connectivity index (χ2v) is 5.53. The van der Waals surface area contributed by atoms with Gasteiger partial charge in [-0.3, -0.25) is 14.9 Å². The van der Waals surface area contributed by atoms with E-state index in [9.17, 15) is 24.1 Å². The molecule has 0 saturated heterocycles. The molecular weight excluding hydrogens is 283 g/mol. The molecule has 0 bridgehead atoms. The molecule has 0 radical (unpaired) electrons. The minimum Gasteiger partial charge on any atom is -0.480 e. The summed E-state index contributed by atoms with van der Waals surface area (Å²) in [5.74, 6) is -3.19. The van der Waals surface area contributed by atoms with Crippen molar-refractivity contribution in [1.29, 1.82) is 0 Å². The Hall–Kier alpha value is -2.51. The van der Waals surface area contributed by atoms with E-state index in [4.69, 9.17) is 5.11 Å². The smallest absolute Gasteiger partial charge is 0.326 e. The van der Waals surface area contributed by atoms with Gasteiger partial charge in [-0.05, 0) is 17.5 Å². The zero-order valence-electron chi connectivity index (χ0n) is 11.7. The number of nitrogens with zero attached hydrogens (tertiary/aromatic N) is 1. The van der Waals surface area contributed by atoms with Crippen molar-refractivity contribution in [2.24, 2.45) is 5.41 Å². The number of halogens is 1. The first kappa shape index (κ1) is 16.5. The minimum absolute atomic E-state index is 0.186. The van der Waals surface area contributed by atoms with E-state index in [1.165, 1.54) is 0 Å². The van der Waals surface area contributed by atoms with Crippen molar-refractivity contribution in [3.8, 4) is 0 Å². The molecule has 1 aromatic carbocycles. The summed E-state index contributed by atoms with van der Waals surface area (Å²) in [5.41, 5.74) is -1.69. The lowest BCUT2D eigenvalue weighted by Crippen LogP contribution is -2.49. The first-order valence-electron chi connectivity index (χ1n) is 6.01. The zero-order chi connectivity index (χ0) is 16.4. The fourth-order valence-corrected chi connectivity index (χ4v) is 1.66. The van der Waals surface area contributed by atoms with Crippen molar-refractivity contribution in [1.82, 2.24) is 5.32 Å². The molecule has 0 saturated carbocycles. The monoisotopic (exact) mass is 298 g/mol. The van der Waals surface area contributed by atoms with E-state index in [-0.39, 0.29) is 5.56 Å². The predicted octanol–water partition coefficient (Wildman–Crippen LogP) is 1.96. The summed E-state index contributed by atoms with van der Waals surface area (Å²) < 4.78 is 13.5. The summed E-state index contributed by atoms with van der Waals surface area (Å²) >= 11 is 0. The summed E-state index contributed by atoms with van der Waals surface area (Å²) in [5, 5.41) is 21.9. The van der Waals surface area contributed by atoms with Gasteiger partial charge >= 0.3 is 11.7 Å². The molecule has 0 heterocycles. The third-order valence-corrected chi connectivity index (χ3v) is 2.79. The van der Waals surface area contributed by atoms with Gasteiger partial charge in [0.25, 0.3) is 5.91 Å². The van der Waals surface area contributed by atoms with Gasteiger partial charge in [0.2, 0.25) is 5.82 Å². The van der Waals surface area contributed by atoms with E-state index in [0.29, 0.717) is 6.07 Å². The van der Waals surface area contributed by atoms with Crippen molar-refractivity contribution in [2.45, 2.75) is 26.8 Å². The Labute approximate surface area is 119 Å². The summed E-state index contributed by atoms with van der Waals surface area (Å²) in [6.07, 6.45) is 0. The van der Waals surface area contributed by atoms with Crippen molar-refractivity contribution in [3.05, 3.63) is 39.7 Å². The van der Waals surface area contributed by atoms with Gasteiger partial charge in [-0.25, -0.2) is 4.79 Å². The molecule has 8 heteroatoms. The van der Waals surface area contributed by atoms with Crippen LogP contribution in [0.1, 0.15) is 31.1 Å². The molecule has 0 fully saturated rings. The number of carbonyl (C=O) groups is 2. The lowest BCUT2D eigenvalue weighted by molar-refractivity contribution is -0.387. The number of carboxylic acids is 1. The van der Waals surface area contributed by atoms with E-state index in [2.05, 4.69) is 5.32 Å². The largest absolute Gasteiger partial charge is 0.480 e. The van der Waals surface area contributed by atoms with Gasteiger partial charge in [-0.15, -0.1) is 0 Å². The third-order valence-electron chi connectivity index (χ3n) is 2.79. The predicted molar refractivity (Wildman–Crippen MR) is 71.4 cm³/mol. The number of amides is 1. The molecule has 0 aliphatic carbocycles. The van der Waals surface area contributed by atoms with E-state index in [1.54, 1.807) is 20.8 Å². The van der Waals surface area contributed by atoms with Crippen molar-refractivity contribution in [3.63, 3.8) is 0 Å². The number of carboxylic acid groups (broad SMARTS) is 1. The summed E-state index contributed by atoms with van der Waals surface area (Å²) in [6.45, 7) is 4.88. The zero-order valence-corrected chi connectivity index (χ0v) is 11.7. The van der Waals surface area contributed by atoms with Crippen LogP contribution in [-0.4, -0.2) is 27.9 Å². The van der Waals surface area contributed by atoms with Gasteiger partial charge < -0.3 is 10.4 Å².